The van der Waals surface area contributed by atoms with Crippen LogP contribution < -0.4 is 10.9 Å². The Morgan fingerprint density at radius 2 is 1.72 bits per heavy atom. The van der Waals surface area contributed by atoms with E-state index in [1.807, 2.05) is 78.6 Å². The molecule has 0 saturated carbocycles. The summed E-state index contributed by atoms with van der Waals surface area (Å²) in [6, 6.07) is 17.6. The zero-order chi connectivity index (χ0) is 20.0. The van der Waals surface area contributed by atoms with Crippen molar-refractivity contribution in [3.8, 4) is 16.9 Å². The van der Waals surface area contributed by atoms with Crippen LogP contribution in [-0.2, 0) is 7.05 Å². The fourth-order valence-electron chi connectivity index (χ4n) is 3.33. The molecule has 1 N–H and O–H groups in total. The van der Waals surface area contributed by atoms with E-state index in [1.54, 1.807) is 16.0 Å². The Morgan fingerprint density at radius 3 is 2.52 bits per heavy atom. The van der Waals surface area contributed by atoms with Crippen LogP contribution in [0.2, 0.25) is 0 Å². The van der Waals surface area contributed by atoms with E-state index in [-0.39, 0.29) is 5.56 Å². The van der Waals surface area contributed by atoms with E-state index >= 15 is 0 Å². The summed E-state index contributed by atoms with van der Waals surface area (Å²) in [6.07, 6.45) is 0. The second kappa shape index (κ2) is 6.98. The van der Waals surface area contributed by atoms with Crippen LogP contribution in [0.15, 0.2) is 64.8 Å². The predicted octanol–water partition coefficient (Wildman–Crippen LogP) is 4.96. The van der Waals surface area contributed by atoms with Gasteiger partial charge in [-0.15, -0.1) is 11.3 Å². The molecule has 3 heterocycles. The topological polar surface area (TPSA) is 64.7 Å². The first-order valence-corrected chi connectivity index (χ1v) is 10.7. The summed E-state index contributed by atoms with van der Waals surface area (Å²) in [7, 11) is 1.89. The first-order chi connectivity index (χ1) is 14.1. The lowest BCUT2D eigenvalue weighted by atomic mass is 10.2. The van der Waals surface area contributed by atoms with Crippen LogP contribution in [0.1, 0.15) is 5.69 Å². The SMILES string of the molecule is Cc1c(-c2csc(Nc3nc4ccccc4s3)n2)c(=O)n(-c2ccccc2)n1C. The van der Waals surface area contributed by atoms with Crippen LogP contribution in [0, 0.1) is 6.92 Å². The maximum atomic E-state index is 13.2. The maximum absolute atomic E-state index is 13.2. The second-order valence-corrected chi connectivity index (χ2v) is 8.47. The van der Waals surface area contributed by atoms with Gasteiger partial charge in [0.25, 0.3) is 5.56 Å². The molecule has 2 aromatic carbocycles. The predicted molar refractivity (Wildman–Crippen MR) is 120 cm³/mol. The fourth-order valence-corrected chi connectivity index (χ4v) is 4.96. The lowest BCUT2D eigenvalue weighted by molar-refractivity contribution is 0.630. The van der Waals surface area contributed by atoms with Gasteiger partial charge in [0.15, 0.2) is 10.3 Å². The molecular formula is C21H17N5OS2. The number of hydrogen-bond donors (Lipinski definition) is 1. The molecule has 0 saturated heterocycles. The van der Waals surface area contributed by atoms with Gasteiger partial charge in [-0.1, -0.05) is 41.7 Å². The van der Waals surface area contributed by atoms with Crippen molar-refractivity contribution in [2.45, 2.75) is 6.92 Å². The summed E-state index contributed by atoms with van der Waals surface area (Å²) in [6.45, 7) is 1.94. The normalized spacial score (nSPS) is 11.2. The number of fused-ring (bicyclic) bond motifs is 1. The smallest absolute Gasteiger partial charge is 0.281 e. The number of nitrogens with zero attached hydrogens (tertiary/aromatic N) is 4. The van der Waals surface area contributed by atoms with Crippen molar-refractivity contribution >= 4 is 43.2 Å². The third-order valence-electron chi connectivity index (χ3n) is 4.82. The van der Waals surface area contributed by atoms with E-state index in [9.17, 15) is 4.79 Å². The van der Waals surface area contributed by atoms with Gasteiger partial charge in [0.1, 0.15) is 0 Å². The molecular weight excluding hydrogens is 402 g/mol. The molecule has 8 heteroatoms. The van der Waals surface area contributed by atoms with E-state index in [0.29, 0.717) is 16.4 Å². The van der Waals surface area contributed by atoms with Gasteiger partial charge in [0, 0.05) is 18.1 Å². The molecule has 3 aromatic heterocycles. The highest BCUT2D eigenvalue weighted by atomic mass is 32.1. The Balaban J connectivity index is 1.51. The molecule has 0 aliphatic carbocycles. The number of para-hydroxylation sites is 2. The maximum Gasteiger partial charge on any atom is 0.281 e. The number of nitrogens with one attached hydrogen (secondary N) is 1. The molecule has 0 amide bonds. The van der Waals surface area contributed by atoms with Crippen LogP contribution in [0.5, 0.6) is 0 Å². The quantitative estimate of drug-likeness (QED) is 0.447. The first kappa shape index (κ1) is 17.8. The highest BCUT2D eigenvalue weighted by Gasteiger charge is 2.20. The van der Waals surface area contributed by atoms with Crippen molar-refractivity contribution in [2.24, 2.45) is 7.05 Å². The van der Waals surface area contributed by atoms with Gasteiger partial charge < -0.3 is 5.32 Å². The van der Waals surface area contributed by atoms with Crippen molar-refractivity contribution < 1.29 is 0 Å². The molecule has 0 aliphatic heterocycles. The average molecular weight is 420 g/mol. The summed E-state index contributed by atoms with van der Waals surface area (Å²) in [5, 5.41) is 6.69. The average Bonchev–Trinajstić information content (AvgIpc) is 3.40. The summed E-state index contributed by atoms with van der Waals surface area (Å²) in [4.78, 5) is 22.4. The van der Waals surface area contributed by atoms with Crippen LogP contribution in [0.3, 0.4) is 0 Å². The number of rotatable bonds is 4. The van der Waals surface area contributed by atoms with Crippen LogP contribution in [0.4, 0.5) is 10.3 Å². The molecule has 0 unspecified atom stereocenters. The molecule has 5 aromatic rings. The highest BCUT2D eigenvalue weighted by Crippen LogP contribution is 2.31. The van der Waals surface area contributed by atoms with Gasteiger partial charge in [-0.3, -0.25) is 9.48 Å². The lowest BCUT2D eigenvalue weighted by Crippen LogP contribution is -2.20. The number of aromatic nitrogens is 4. The minimum absolute atomic E-state index is 0.0759. The minimum Gasteiger partial charge on any atom is -0.307 e. The summed E-state index contributed by atoms with van der Waals surface area (Å²) in [5.41, 5.74) is 3.87. The Hall–Kier alpha value is -3.23. The largest absolute Gasteiger partial charge is 0.307 e. The van der Waals surface area contributed by atoms with Crippen LogP contribution in [-0.4, -0.2) is 19.3 Å². The molecule has 0 radical (unpaired) electrons. The lowest BCUT2D eigenvalue weighted by Gasteiger charge is -2.07. The molecule has 0 fully saturated rings. The minimum atomic E-state index is -0.0759. The molecule has 0 aliphatic rings. The number of anilines is 2. The zero-order valence-electron chi connectivity index (χ0n) is 15.8. The van der Waals surface area contributed by atoms with Gasteiger partial charge in [-0.25, -0.2) is 14.6 Å². The van der Waals surface area contributed by atoms with Crippen molar-refractivity contribution in [2.75, 3.05) is 5.32 Å². The van der Waals surface area contributed by atoms with Crippen LogP contribution >= 0.6 is 22.7 Å². The van der Waals surface area contributed by atoms with Gasteiger partial charge in [0.05, 0.1) is 27.2 Å². The van der Waals surface area contributed by atoms with Crippen molar-refractivity contribution in [3.05, 3.63) is 76.0 Å². The second-order valence-electron chi connectivity index (χ2n) is 6.59. The number of benzene rings is 2. The van der Waals surface area contributed by atoms with Crippen LogP contribution in [0.25, 0.3) is 27.2 Å². The first-order valence-electron chi connectivity index (χ1n) is 9.04. The molecule has 0 spiro atoms. The van der Waals surface area contributed by atoms with Gasteiger partial charge in [-0.2, -0.15) is 0 Å². The number of thiazole rings is 2. The Labute approximate surface area is 174 Å². The molecule has 5 rings (SSSR count). The van der Waals surface area contributed by atoms with E-state index in [0.717, 1.165) is 26.7 Å². The number of hydrogen-bond acceptors (Lipinski definition) is 6. The summed E-state index contributed by atoms with van der Waals surface area (Å²) >= 11 is 3.05. The van der Waals surface area contributed by atoms with Gasteiger partial charge in [-0.05, 0) is 31.2 Å². The molecule has 0 bridgehead atoms. The van der Waals surface area contributed by atoms with Gasteiger partial charge >= 0.3 is 0 Å². The van der Waals surface area contributed by atoms with Crippen molar-refractivity contribution in [3.63, 3.8) is 0 Å². The molecule has 144 valence electrons. The highest BCUT2D eigenvalue weighted by molar-refractivity contribution is 7.22. The summed E-state index contributed by atoms with van der Waals surface area (Å²) < 4.78 is 4.66. The monoisotopic (exact) mass is 419 g/mol. The summed E-state index contributed by atoms with van der Waals surface area (Å²) in [5.74, 6) is 0. The van der Waals surface area contributed by atoms with Crippen molar-refractivity contribution in [1.29, 1.82) is 0 Å². The third kappa shape index (κ3) is 3.06. The van der Waals surface area contributed by atoms with E-state index in [2.05, 4.69) is 15.3 Å². The van der Waals surface area contributed by atoms with E-state index in [4.69, 9.17) is 0 Å². The molecule has 29 heavy (non-hydrogen) atoms. The standard InChI is InChI=1S/C21H17N5OS2/c1-13-18(19(27)26(25(13)2)14-8-4-3-5-9-14)16-12-28-20(23-16)24-21-22-15-10-6-7-11-17(15)29-21/h3-12H,1-2H3,(H,22,23,24). The Morgan fingerprint density at radius 1 is 0.966 bits per heavy atom. The zero-order valence-corrected chi connectivity index (χ0v) is 17.4. The van der Waals surface area contributed by atoms with E-state index in [1.165, 1.54) is 11.3 Å². The van der Waals surface area contributed by atoms with Gasteiger partial charge in [0.2, 0.25) is 0 Å². The third-order valence-corrected chi connectivity index (χ3v) is 6.53. The van der Waals surface area contributed by atoms with E-state index < -0.39 is 0 Å². The molecule has 6 nitrogen and oxygen atoms in total. The molecule has 0 atom stereocenters. The fraction of sp³-hybridized carbons (Fsp3) is 0.0952. The Bertz CT molecular complexity index is 1340. The van der Waals surface area contributed by atoms with Crippen molar-refractivity contribution in [1.82, 2.24) is 19.3 Å². The Kier molecular flexibility index (Phi) is 4.30.